The molecule has 0 bridgehead atoms. The minimum Gasteiger partial charge on any atom is -0.336 e. The molecule has 0 unspecified atom stereocenters. The van der Waals surface area contributed by atoms with Crippen LogP contribution < -0.4 is 14.9 Å². The van der Waals surface area contributed by atoms with Crippen LogP contribution in [0.3, 0.4) is 0 Å². The van der Waals surface area contributed by atoms with Gasteiger partial charge in [0, 0.05) is 24.5 Å². The van der Waals surface area contributed by atoms with Gasteiger partial charge in [0.1, 0.15) is 0 Å². The van der Waals surface area contributed by atoms with Gasteiger partial charge in [-0.15, -0.1) is 0 Å². The summed E-state index contributed by atoms with van der Waals surface area (Å²) in [4.78, 5) is 13.5. The molecular weight excluding hydrogens is 374 g/mol. The van der Waals surface area contributed by atoms with Crippen molar-refractivity contribution in [2.45, 2.75) is 42.9 Å². The van der Waals surface area contributed by atoms with Gasteiger partial charge in [-0.3, -0.25) is 9.62 Å². The second-order valence-corrected chi connectivity index (χ2v) is 9.12. The topological polar surface area (TPSA) is 78.5 Å². The first kappa shape index (κ1) is 18.8. The van der Waals surface area contributed by atoms with Crippen LogP contribution >= 0.6 is 0 Å². The molecule has 1 saturated heterocycles. The van der Waals surface area contributed by atoms with Gasteiger partial charge in [0.2, 0.25) is 0 Å². The van der Waals surface area contributed by atoms with E-state index in [4.69, 9.17) is 0 Å². The van der Waals surface area contributed by atoms with Crippen molar-refractivity contribution in [3.8, 4) is 0 Å². The van der Waals surface area contributed by atoms with Crippen LogP contribution in [0.2, 0.25) is 0 Å². The number of hydrogen-bond donors (Lipinski definition) is 2. The summed E-state index contributed by atoms with van der Waals surface area (Å²) in [7, 11) is -3.67. The predicted molar refractivity (Wildman–Crippen MR) is 110 cm³/mol. The van der Waals surface area contributed by atoms with Crippen LogP contribution in [-0.2, 0) is 10.0 Å². The van der Waals surface area contributed by atoms with E-state index < -0.39 is 10.0 Å². The van der Waals surface area contributed by atoms with Crippen LogP contribution in [0.5, 0.6) is 0 Å². The Labute approximate surface area is 166 Å². The van der Waals surface area contributed by atoms with Crippen LogP contribution in [0, 0.1) is 0 Å². The zero-order valence-corrected chi connectivity index (χ0v) is 16.5. The lowest BCUT2D eigenvalue weighted by atomic mass is 9.84. The van der Waals surface area contributed by atoms with Gasteiger partial charge in [-0.05, 0) is 60.7 Å². The number of carbonyl (C=O) groups excluding carboxylic acids is 1. The fourth-order valence-electron chi connectivity index (χ4n) is 4.00. The molecule has 2 N–H and O–H groups in total. The first-order valence-corrected chi connectivity index (χ1v) is 11.3. The molecule has 2 aromatic rings. The van der Waals surface area contributed by atoms with Crippen molar-refractivity contribution in [3.63, 3.8) is 0 Å². The van der Waals surface area contributed by atoms with E-state index in [0.29, 0.717) is 30.4 Å². The van der Waals surface area contributed by atoms with Crippen LogP contribution in [0.4, 0.5) is 16.2 Å². The number of nitrogens with one attached hydrogen (secondary N) is 2. The van der Waals surface area contributed by atoms with Crippen molar-refractivity contribution >= 4 is 27.4 Å². The summed E-state index contributed by atoms with van der Waals surface area (Å²) in [5.74, 6) is 0.592. The average molecular weight is 400 g/mol. The number of benzene rings is 2. The Bertz CT molecular complexity index is 934. The highest BCUT2D eigenvalue weighted by molar-refractivity contribution is 7.92. The lowest BCUT2D eigenvalue weighted by molar-refractivity contribution is 0.252. The minimum atomic E-state index is -3.67. The Morgan fingerprint density at radius 3 is 2.21 bits per heavy atom. The Morgan fingerprint density at radius 2 is 1.61 bits per heavy atom. The van der Waals surface area contributed by atoms with Crippen molar-refractivity contribution in [3.05, 3.63) is 54.1 Å². The van der Waals surface area contributed by atoms with Crippen LogP contribution in [0.1, 0.15) is 43.6 Å². The Balaban J connectivity index is 1.45. The number of hydrogen-bond acceptors (Lipinski definition) is 3. The minimum absolute atomic E-state index is 0.160. The fraction of sp³-hybridized carbons (Fsp3) is 0.381. The molecule has 6 nitrogen and oxygen atoms in total. The third-order valence-electron chi connectivity index (χ3n) is 5.55. The zero-order valence-electron chi connectivity index (χ0n) is 15.7. The summed E-state index contributed by atoms with van der Waals surface area (Å²) in [6.45, 7) is 1.17. The monoisotopic (exact) mass is 399 g/mol. The van der Waals surface area contributed by atoms with Crippen molar-refractivity contribution in [2.75, 3.05) is 22.7 Å². The van der Waals surface area contributed by atoms with Crippen molar-refractivity contribution in [1.82, 2.24) is 5.32 Å². The van der Waals surface area contributed by atoms with E-state index in [1.54, 1.807) is 17.0 Å². The van der Waals surface area contributed by atoms with Gasteiger partial charge in [-0.1, -0.05) is 31.4 Å². The largest absolute Gasteiger partial charge is 0.336 e. The number of anilines is 2. The molecule has 1 heterocycles. The highest BCUT2D eigenvalue weighted by atomic mass is 32.2. The molecular formula is C21H25N3O3S. The number of sulfonamides is 1. The molecule has 0 radical (unpaired) electrons. The van der Waals surface area contributed by atoms with Crippen LogP contribution in [0.25, 0.3) is 0 Å². The first-order chi connectivity index (χ1) is 13.5. The predicted octanol–water partition coefficient (Wildman–Crippen LogP) is 4.06. The van der Waals surface area contributed by atoms with Gasteiger partial charge in [0.15, 0.2) is 0 Å². The third-order valence-corrected chi connectivity index (χ3v) is 6.95. The summed E-state index contributed by atoms with van der Waals surface area (Å²) >= 11 is 0. The summed E-state index contributed by atoms with van der Waals surface area (Å²) in [6, 6.07) is 13.9. The van der Waals surface area contributed by atoms with E-state index in [1.165, 1.54) is 49.8 Å². The van der Waals surface area contributed by atoms with Gasteiger partial charge in [-0.25, -0.2) is 13.2 Å². The lowest BCUT2D eigenvalue weighted by Crippen LogP contribution is -2.27. The van der Waals surface area contributed by atoms with Gasteiger partial charge in [0.25, 0.3) is 10.0 Å². The number of urea groups is 1. The van der Waals surface area contributed by atoms with Crippen molar-refractivity contribution in [1.29, 1.82) is 0 Å². The quantitative estimate of drug-likeness (QED) is 0.796. The van der Waals surface area contributed by atoms with E-state index in [0.717, 1.165) is 0 Å². The van der Waals surface area contributed by atoms with Gasteiger partial charge in [-0.2, -0.15) is 0 Å². The molecule has 2 aromatic carbocycles. The molecule has 0 spiro atoms. The standard InChI is InChI=1S/C21H25N3O3S/c25-21-22-14-15-24(21)19-10-12-20(13-11-19)28(26,27)23-18-8-6-17(7-9-18)16-4-2-1-3-5-16/h6-13,16,23H,1-5,14-15H2,(H,22,25). The van der Waals surface area contributed by atoms with Gasteiger partial charge in [0.05, 0.1) is 4.90 Å². The first-order valence-electron chi connectivity index (χ1n) is 9.81. The third kappa shape index (κ3) is 3.99. The summed E-state index contributed by atoms with van der Waals surface area (Å²) in [5.41, 5.74) is 2.53. The molecule has 0 aromatic heterocycles. The molecule has 1 aliphatic heterocycles. The molecule has 0 atom stereocenters. The van der Waals surface area contributed by atoms with Gasteiger partial charge < -0.3 is 5.32 Å². The normalized spacial score (nSPS) is 18.1. The van der Waals surface area contributed by atoms with E-state index in [1.807, 2.05) is 24.3 Å². The average Bonchev–Trinajstić information content (AvgIpc) is 3.15. The highest BCUT2D eigenvalue weighted by Crippen LogP contribution is 2.33. The molecule has 2 fully saturated rings. The molecule has 148 valence electrons. The molecule has 4 rings (SSSR count). The maximum atomic E-state index is 12.7. The van der Waals surface area contributed by atoms with Crippen LogP contribution in [-0.4, -0.2) is 27.5 Å². The Morgan fingerprint density at radius 1 is 0.929 bits per heavy atom. The maximum absolute atomic E-state index is 12.7. The zero-order chi connectivity index (χ0) is 19.6. The van der Waals surface area contributed by atoms with Crippen molar-refractivity contribution < 1.29 is 13.2 Å². The van der Waals surface area contributed by atoms with Crippen LogP contribution in [0.15, 0.2) is 53.4 Å². The van der Waals surface area contributed by atoms with Crippen molar-refractivity contribution in [2.24, 2.45) is 0 Å². The SMILES string of the molecule is O=C1NCCN1c1ccc(S(=O)(=O)Nc2ccc(C3CCCCC3)cc2)cc1. The molecule has 28 heavy (non-hydrogen) atoms. The smallest absolute Gasteiger partial charge is 0.321 e. The molecule has 1 saturated carbocycles. The summed E-state index contributed by atoms with van der Waals surface area (Å²) in [6.07, 6.45) is 6.29. The molecule has 1 aliphatic carbocycles. The number of nitrogens with zero attached hydrogens (tertiary/aromatic N) is 1. The molecule has 2 aliphatic rings. The maximum Gasteiger partial charge on any atom is 0.321 e. The summed E-state index contributed by atoms with van der Waals surface area (Å²) < 4.78 is 28.0. The number of carbonyl (C=O) groups is 1. The fourth-order valence-corrected chi connectivity index (χ4v) is 5.06. The number of amides is 2. The Kier molecular flexibility index (Phi) is 5.26. The van der Waals surface area contributed by atoms with E-state index >= 15 is 0 Å². The van der Waals surface area contributed by atoms with E-state index in [9.17, 15) is 13.2 Å². The van der Waals surface area contributed by atoms with Gasteiger partial charge >= 0.3 is 6.03 Å². The number of rotatable bonds is 5. The van der Waals surface area contributed by atoms with E-state index in [-0.39, 0.29) is 10.9 Å². The molecule has 7 heteroatoms. The molecule has 2 amide bonds. The highest BCUT2D eigenvalue weighted by Gasteiger charge is 2.22. The van der Waals surface area contributed by atoms with E-state index in [2.05, 4.69) is 10.0 Å². The second kappa shape index (κ2) is 7.83. The Hall–Kier alpha value is -2.54. The summed E-state index contributed by atoms with van der Waals surface area (Å²) in [5, 5.41) is 2.73. The second-order valence-electron chi connectivity index (χ2n) is 7.44. The lowest BCUT2D eigenvalue weighted by Gasteiger charge is -2.22.